The molecule has 4 N–H and O–H groups in total. The van der Waals surface area contributed by atoms with Crippen LogP contribution >= 0.6 is 0 Å². The van der Waals surface area contributed by atoms with Crippen LogP contribution < -0.4 is 21.6 Å². The summed E-state index contributed by atoms with van der Waals surface area (Å²) in [6.07, 6.45) is 5.30. The summed E-state index contributed by atoms with van der Waals surface area (Å²) in [7, 11) is 1.68. The molecule has 4 heterocycles. The van der Waals surface area contributed by atoms with Crippen molar-refractivity contribution in [2.45, 2.75) is 89.4 Å². The zero-order valence-electron chi connectivity index (χ0n) is 32.1. The average molecular weight is 778 g/mol. The normalized spacial score (nSPS) is 18.5. The topological polar surface area (TPSA) is 215 Å². The smallest absolute Gasteiger partial charge is 0.407 e. The summed E-state index contributed by atoms with van der Waals surface area (Å²) in [5.41, 5.74) is 3.37. The van der Waals surface area contributed by atoms with Crippen LogP contribution in [0.5, 0.6) is 0 Å². The van der Waals surface area contributed by atoms with E-state index in [2.05, 4.69) is 31.2 Å². The number of imide groups is 1. The molecule has 302 valence electrons. The van der Waals surface area contributed by atoms with Crippen molar-refractivity contribution >= 4 is 40.7 Å². The first-order chi connectivity index (χ1) is 27.1. The quantitative estimate of drug-likeness (QED) is 0.0803. The van der Waals surface area contributed by atoms with Crippen molar-refractivity contribution in [1.82, 2.24) is 39.7 Å². The van der Waals surface area contributed by atoms with Gasteiger partial charge in [-0.25, -0.2) is 9.59 Å². The summed E-state index contributed by atoms with van der Waals surface area (Å²) >= 11 is 0. The zero-order valence-corrected chi connectivity index (χ0v) is 32.1. The first-order valence-electron chi connectivity index (χ1n) is 19.2. The highest BCUT2D eigenvalue weighted by molar-refractivity contribution is 6.02. The molecular weight excluding hydrogens is 726 g/mol. The summed E-state index contributed by atoms with van der Waals surface area (Å²) < 4.78 is 27.2. The van der Waals surface area contributed by atoms with Crippen LogP contribution in [0.4, 0.5) is 10.6 Å². The van der Waals surface area contributed by atoms with Crippen LogP contribution in [0.1, 0.15) is 86.1 Å². The molecule has 3 atom stereocenters. The van der Waals surface area contributed by atoms with Gasteiger partial charge in [0.25, 0.3) is 5.91 Å². The summed E-state index contributed by atoms with van der Waals surface area (Å²) in [6, 6.07) is 8.53. The van der Waals surface area contributed by atoms with Gasteiger partial charge >= 0.3 is 11.8 Å². The molecule has 6 rings (SSSR count). The minimum Gasteiger partial charge on any atom is -0.446 e. The van der Waals surface area contributed by atoms with Crippen molar-refractivity contribution in [3.63, 3.8) is 0 Å². The van der Waals surface area contributed by atoms with E-state index in [0.717, 1.165) is 42.5 Å². The van der Waals surface area contributed by atoms with Crippen molar-refractivity contribution in [3.05, 3.63) is 64.0 Å². The molecule has 4 amide bonds. The third-order valence-electron chi connectivity index (χ3n) is 9.90. The second-order valence-corrected chi connectivity index (χ2v) is 14.4. The molecule has 1 saturated carbocycles. The van der Waals surface area contributed by atoms with Crippen LogP contribution in [0.15, 0.2) is 41.3 Å². The van der Waals surface area contributed by atoms with Gasteiger partial charge in [0.15, 0.2) is 0 Å². The molecule has 1 aliphatic carbocycles. The molecule has 0 spiro atoms. The van der Waals surface area contributed by atoms with Crippen LogP contribution in [-0.2, 0) is 48.5 Å². The highest BCUT2D eigenvalue weighted by Crippen LogP contribution is 2.36. The van der Waals surface area contributed by atoms with Crippen molar-refractivity contribution in [1.29, 1.82) is 0 Å². The molecular formula is C38H51N9O9. The SMILES string of the molecule is CC(C)NC(=O)O[C@H]1CCC(c2cc(NC(=O)c3ccnn3CCOCCOCCOCCCc3ccc4c(c3)n(C)c(=O)n4C3CCC(=O)NC3=O)[nH]n2)C1. The number of carbonyl (C=O) groups excluding carboxylic acids is 4. The number of alkyl carbamates (subject to hydrolysis) is 1. The van der Waals surface area contributed by atoms with Gasteiger partial charge < -0.3 is 29.6 Å². The minimum atomic E-state index is -0.705. The zero-order chi connectivity index (χ0) is 39.6. The molecule has 18 nitrogen and oxygen atoms in total. The van der Waals surface area contributed by atoms with Crippen LogP contribution in [0, 0.1) is 0 Å². The molecule has 2 fully saturated rings. The predicted octanol–water partition coefficient (Wildman–Crippen LogP) is 2.94. The van der Waals surface area contributed by atoms with E-state index in [1.54, 1.807) is 24.0 Å². The predicted molar refractivity (Wildman–Crippen MR) is 203 cm³/mol. The lowest BCUT2D eigenvalue weighted by atomic mass is 10.0. The molecule has 2 aliphatic rings. The summed E-state index contributed by atoms with van der Waals surface area (Å²) in [4.78, 5) is 61.9. The Morgan fingerprint density at radius 2 is 1.71 bits per heavy atom. The van der Waals surface area contributed by atoms with E-state index in [0.29, 0.717) is 76.1 Å². The largest absolute Gasteiger partial charge is 0.446 e. The Hall–Kier alpha value is -5.33. The number of aromatic nitrogens is 6. The number of carbonyl (C=O) groups is 4. The van der Waals surface area contributed by atoms with Gasteiger partial charge in [-0.1, -0.05) is 6.07 Å². The Kier molecular flexibility index (Phi) is 13.7. The highest BCUT2D eigenvalue weighted by atomic mass is 16.6. The van der Waals surface area contributed by atoms with Crippen LogP contribution in [0.3, 0.4) is 0 Å². The van der Waals surface area contributed by atoms with Crippen molar-refractivity contribution in [2.24, 2.45) is 7.05 Å². The molecule has 1 aliphatic heterocycles. The number of ether oxygens (including phenoxy) is 4. The maximum Gasteiger partial charge on any atom is 0.407 e. The number of aryl methyl sites for hydroxylation is 2. The molecule has 56 heavy (non-hydrogen) atoms. The number of aromatic amines is 1. The van der Waals surface area contributed by atoms with Gasteiger partial charge in [-0.15, -0.1) is 0 Å². The lowest BCUT2D eigenvalue weighted by molar-refractivity contribution is -0.135. The fourth-order valence-electron chi connectivity index (χ4n) is 7.10. The summed E-state index contributed by atoms with van der Waals surface area (Å²) in [6.45, 7) is 6.69. The first kappa shape index (κ1) is 40.3. The first-order valence-corrected chi connectivity index (χ1v) is 19.2. The number of nitrogens with zero attached hydrogens (tertiary/aromatic N) is 5. The Morgan fingerprint density at radius 1 is 0.946 bits per heavy atom. The molecule has 1 saturated heterocycles. The van der Waals surface area contributed by atoms with Gasteiger partial charge in [-0.05, 0) is 76.1 Å². The molecule has 4 aromatic rings. The van der Waals surface area contributed by atoms with Crippen molar-refractivity contribution < 1.29 is 38.1 Å². The number of piperidine rings is 1. The lowest BCUT2D eigenvalue weighted by Crippen LogP contribution is -2.44. The molecule has 1 aromatic carbocycles. The molecule has 0 bridgehead atoms. The maximum atomic E-state index is 13.0. The second kappa shape index (κ2) is 19.0. The number of amides is 4. The molecule has 3 aromatic heterocycles. The fraction of sp³-hybridized carbons (Fsp3) is 0.553. The van der Waals surface area contributed by atoms with Gasteiger partial charge in [-0.3, -0.25) is 38.6 Å². The lowest BCUT2D eigenvalue weighted by Gasteiger charge is -2.21. The van der Waals surface area contributed by atoms with E-state index in [1.165, 1.54) is 9.13 Å². The Morgan fingerprint density at radius 3 is 2.48 bits per heavy atom. The van der Waals surface area contributed by atoms with E-state index < -0.39 is 18.0 Å². The number of imidazole rings is 1. The second-order valence-electron chi connectivity index (χ2n) is 14.4. The number of H-pyrrole nitrogens is 1. The highest BCUT2D eigenvalue weighted by Gasteiger charge is 2.32. The number of anilines is 1. The number of fused-ring (bicyclic) bond motifs is 1. The van der Waals surface area contributed by atoms with E-state index >= 15 is 0 Å². The Bertz CT molecular complexity index is 2050. The minimum absolute atomic E-state index is 0.0116. The number of hydrogen-bond donors (Lipinski definition) is 4. The Balaban J connectivity index is 0.819. The fourth-order valence-corrected chi connectivity index (χ4v) is 7.10. The molecule has 0 radical (unpaired) electrons. The average Bonchev–Trinajstić information content (AvgIpc) is 3.97. The van der Waals surface area contributed by atoms with Crippen molar-refractivity contribution in [3.8, 4) is 0 Å². The molecule has 2 unspecified atom stereocenters. The Labute approximate surface area is 323 Å². The number of hydrogen-bond acceptors (Lipinski definition) is 11. The third-order valence-corrected chi connectivity index (χ3v) is 9.90. The van der Waals surface area contributed by atoms with E-state index in [1.807, 2.05) is 38.1 Å². The number of benzene rings is 1. The maximum absolute atomic E-state index is 13.0. The van der Waals surface area contributed by atoms with E-state index in [9.17, 15) is 24.0 Å². The van der Waals surface area contributed by atoms with Gasteiger partial charge in [0.1, 0.15) is 23.7 Å². The van der Waals surface area contributed by atoms with Gasteiger partial charge in [0, 0.05) is 44.3 Å². The van der Waals surface area contributed by atoms with E-state index in [-0.39, 0.29) is 42.0 Å². The van der Waals surface area contributed by atoms with Crippen molar-refractivity contribution in [2.75, 3.05) is 45.0 Å². The summed E-state index contributed by atoms with van der Waals surface area (Å²) in [5, 5.41) is 19.5. The standard InChI is InChI=1S/C38H51N9O9/c1-24(2)40-37(51)56-27-8-7-26(22-27)28-23-33(44-43-28)41-35(49)30-12-13-39-46(30)14-16-54-18-20-55-19-17-53-15-4-5-25-6-9-29-32(21-25)45(3)38(52)47(29)31-10-11-34(48)42-36(31)50/h6,9,12-13,21,23-24,26-27,31H,4-5,7-8,10-11,14-20,22H2,1-3H3,(H,40,51)(H,42,48,50)(H2,41,43,44,49)/t26?,27-,31?/m0/s1. The third kappa shape index (κ3) is 10.3. The van der Waals surface area contributed by atoms with Gasteiger partial charge in [0.05, 0.1) is 56.3 Å². The monoisotopic (exact) mass is 777 g/mol. The van der Waals surface area contributed by atoms with E-state index in [4.69, 9.17) is 18.9 Å². The van der Waals surface area contributed by atoms with Crippen LogP contribution in [-0.4, -0.2) is 105 Å². The van der Waals surface area contributed by atoms with Crippen LogP contribution in [0.25, 0.3) is 11.0 Å². The summed E-state index contributed by atoms with van der Waals surface area (Å²) in [5.74, 6) is -0.487. The van der Waals surface area contributed by atoms with Gasteiger partial charge in [-0.2, -0.15) is 10.2 Å². The van der Waals surface area contributed by atoms with Crippen LogP contribution in [0.2, 0.25) is 0 Å². The number of rotatable bonds is 19. The van der Waals surface area contributed by atoms with Gasteiger partial charge in [0.2, 0.25) is 11.8 Å². The molecule has 18 heteroatoms. The number of nitrogens with one attached hydrogen (secondary N) is 4.